The molecule has 0 saturated carbocycles. The highest BCUT2D eigenvalue weighted by atomic mass is 32.1. The Balaban J connectivity index is 1.65. The maximum Gasteiger partial charge on any atom is 0.283 e. The second-order valence-corrected chi connectivity index (χ2v) is 7.27. The third-order valence-electron chi connectivity index (χ3n) is 4.08. The highest BCUT2D eigenvalue weighted by Crippen LogP contribution is 2.21. The zero-order valence-corrected chi connectivity index (χ0v) is 15.8. The fourth-order valence-electron chi connectivity index (χ4n) is 2.70. The van der Waals surface area contributed by atoms with E-state index in [0.29, 0.717) is 15.5 Å². The van der Waals surface area contributed by atoms with E-state index in [4.69, 9.17) is 10.5 Å². The standard InChI is InChI=1S/C20H16N4O3S/c1-12-3-2-4-15(9-12)27-11-17-23-24-18(21)16(19(26)22-20(24)28-17)10-13-5-7-14(25)8-6-13/h2-10H,11,21H2,1H3. The summed E-state index contributed by atoms with van der Waals surface area (Å²) < 4.78 is 7.20. The van der Waals surface area contributed by atoms with Crippen LogP contribution in [0.1, 0.15) is 16.1 Å². The molecule has 0 atom stereocenters. The molecule has 3 aromatic rings. The largest absolute Gasteiger partial charge is 0.486 e. The van der Waals surface area contributed by atoms with Crippen LogP contribution in [-0.4, -0.2) is 20.4 Å². The van der Waals surface area contributed by atoms with Crippen LogP contribution in [0.4, 0.5) is 5.82 Å². The molecule has 28 heavy (non-hydrogen) atoms. The summed E-state index contributed by atoms with van der Waals surface area (Å²) in [5, 5.41) is 5.07. The van der Waals surface area contributed by atoms with Gasteiger partial charge in [-0.25, -0.2) is 0 Å². The number of nitrogens with zero attached hydrogens (tertiary/aromatic N) is 3. The Kier molecular flexibility index (Phi) is 4.62. The van der Waals surface area contributed by atoms with Crippen molar-refractivity contribution < 1.29 is 9.53 Å². The van der Waals surface area contributed by atoms with E-state index in [9.17, 15) is 9.59 Å². The van der Waals surface area contributed by atoms with Crippen molar-refractivity contribution in [2.45, 2.75) is 13.5 Å². The molecular weight excluding hydrogens is 376 g/mol. The Morgan fingerprint density at radius 3 is 2.75 bits per heavy atom. The first kappa shape index (κ1) is 17.9. The molecular formula is C20H16N4O3S. The van der Waals surface area contributed by atoms with Crippen LogP contribution in [0.5, 0.6) is 5.75 Å². The molecule has 0 unspecified atom stereocenters. The number of fused-ring (bicyclic) bond motifs is 1. The summed E-state index contributed by atoms with van der Waals surface area (Å²) in [5.74, 6) is 0.831. The number of allylic oxidation sites excluding steroid dienone is 5. The van der Waals surface area contributed by atoms with Crippen LogP contribution in [0.3, 0.4) is 0 Å². The van der Waals surface area contributed by atoms with Crippen LogP contribution >= 0.6 is 11.3 Å². The molecule has 4 rings (SSSR count). The minimum Gasteiger partial charge on any atom is -0.486 e. The molecule has 0 amide bonds. The topological polar surface area (TPSA) is 99.6 Å². The minimum absolute atomic E-state index is 0.104. The smallest absolute Gasteiger partial charge is 0.283 e. The van der Waals surface area contributed by atoms with Gasteiger partial charge in [-0.3, -0.25) is 9.59 Å². The third kappa shape index (κ3) is 3.63. The lowest BCUT2D eigenvalue weighted by atomic mass is 10.1. The van der Waals surface area contributed by atoms with Gasteiger partial charge >= 0.3 is 0 Å². The summed E-state index contributed by atoms with van der Waals surface area (Å²) in [6, 6.07) is 7.71. The van der Waals surface area contributed by atoms with Gasteiger partial charge in [0.25, 0.3) is 5.56 Å². The van der Waals surface area contributed by atoms with Crippen LogP contribution < -0.4 is 16.0 Å². The van der Waals surface area contributed by atoms with Crippen LogP contribution in [0.2, 0.25) is 0 Å². The summed E-state index contributed by atoms with van der Waals surface area (Å²) in [6.07, 6.45) is 7.69. The number of benzene rings is 1. The molecule has 0 aliphatic heterocycles. The van der Waals surface area contributed by atoms with Gasteiger partial charge in [-0.1, -0.05) is 35.6 Å². The van der Waals surface area contributed by atoms with Crippen molar-refractivity contribution in [3.8, 4) is 5.75 Å². The molecule has 2 N–H and O–H groups in total. The van der Waals surface area contributed by atoms with E-state index in [1.54, 1.807) is 18.2 Å². The number of anilines is 1. The number of aryl methyl sites for hydroxylation is 1. The van der Waals surface area contributed by atoms with Gasteiger partial charge in [0.15, 0.2) is 10.8 Å². The molecule has 140 valence electrons. The Morgan fingerprint density at radius 2 is 2.00 bits per heavy atom. The van der Waals surface area contributed by atoms with Gasteiger partial charge in [0.2, 0.25) is 4.96 Å². The highest BCUT2D eigenvalue weighted by molar-refractivity contribution is 7.16. The van der Waals surface area contributed by atoms with Gasteiger partial charge < -0.3 is 10.5 Å². The monoisotopic (exact) mass is 392 g/mol. The lowest BCUT2D eigenvalue weighted by Gasteiger charge is -2.04. The molecule has 1 aliphatic carbocycles. The first-order valence-electron chi connectivity index (χ1n) is 8.49. The maximum atomic E-state index is 12.4. The summed E-state index contributed by atoms with van der Waals surface area (Å²) in [5.41, 5.74) is 7.74. The first-order chi connectivity index (χ1) is 13.5. The average Bonchev–Trinajstić information content (AvgIpc) is 3.08. The van der Waals surface area contributed by atoms with Crippen molar-refractivity contribution in [3.63, 3.8) is 0 Å². The predicted molar refractivity (Wildman–Crippen MR) is 108 cm³/mol. The van der Waals surface area contributed by atoms with Gasteiger partial charge in [-0.2, -0.15) is 14.6 Å². The highest BCUT2D eigenvalue weighted by Gasteiger charge is 2.14. The SMILES string of the molecule is Cc1cccc(OCc2nn3c(N)c(C=C4C=CC(=O)C=C4)c(=O)nc3s2)c1. The zero-order chi connectivity index (χ0) is 19.7. The molecule has 0 bridgehead atoms. The van der Waals surface area contributed by atoms with Gasteiger partial charge in [-0.05, 0) is 48.4 Å². The summed E-state index contributed by atoms with van der Waals surface area (Å²) in [7, 11) is 0. The first-order valence-corrected chi connectivity index (χ1v) is 9.31. The van der Waals surface area contributed by atoms with Crippen molar-refractivity contribution >= 4 is 34.0 Å². The molecule has 0 fully saturated rings. The van der Waals surface area contributed by atoms with Gasteiger partial charge in [0.05, 0.1) is 5.56 Å². The van der Waals surface area contributed by atoms with Crippen LogP contribution in [0.15, 0.2) is 58.9 Å². The Labute approximate surface area is 164 Å². The summed E-state index contributed by atoms with van der Waals surface area (Å²) in [6.45, 7) is 2.23. The fourth-order valence-corrected chi connectivity index (χ4v) is 3.50. The summed E-state index contributed by atoms with van der Waals surface area (Å²) >= 11 is 1.25. The molecule has 0 saturated heterocycles. The van der Waals surface area contributed by atoms with Gasteiger partial charge in [0.1, 0.15) is 18.2 Å². The van der Waals surface area contributed by atoms with Gasteiger partial charge in [0, 0.05) is 0 Å². The predicted octanol–water partition coefficient (Wildman–Crippen LogP) is 2.70. The quantitative estimate of drug-likeness (QED) is 0.733. The van der Waals surface area contributed by atoms with E-state index in [2.05, 4.69) is 10.1 Å². The van der Waals surface area contributed by atoms with Crippen molar-refractivity contribution in [2.24, 2.45) is 0 Å². The van der Waals surface area contributed by atoms with Gasteiger partial charge in [-0.15, -0.1) is 0 Å². The van der Waals surface area contributed by atoms with Crippen LogP contribution in [0, 0.1) is 6.92 Å². The van der Waals surface area contributed by atoms with E-state index in [1.165, 1.54) is 28.0 Å². The number of nitrogen functional groups attached to an aromatic ring is 1. The Morgan fingerprint density at radius 1 is 1.21 bits per heavy atom. The number of ether oxygens (including phenoxy) is 1. The van der Waals surface area contributed by atoms with E-state index < -0.39 is 5.56 Å². The molecule has 1 aromatic carbocycles. The molecule has 0 spiro atoms. The second kappa shape index (κ2) is 7.24. The molecule has 0 radical (unpaired) electrons. The number of nitrogens with two attached hydrogens (primary N) is 1. The molecule has 2 heterocycles. The number of hydrogen-bond acceptors (Lipinski definition) is 7. The normalized spacial score (nSPS) is 13.3. The van der Waals surface area contributed by atoms with E-state index >= 15 is 0 Å². The maximum absolute atomic E-state index is 12.4. The van der Waals surface area contributed by atoms with Crippen molar-refractivity contribution in [1.29, 1.82) is 0 Å². The van der Waals surface area contributed by atoms with Crippen molar-refractivity contribution in [1.82, 2.24) is 14.6 Å². The molecule has 1 aliphatic rings. The zero-order valence-electron chi connectivity index (χ0n) is 15.0. The van der Waals surface area contributed by atoms with E-state index in [-0.39, 0.29) is 23.8 Å². The molecule has 2 aromatic heterocycles. The van der Waals surface area contributed by atoms with Crippen molar-refractivity contribution in [2.75, 3.05) is 5.73 Å². The van der Waals surface area contributed by atoms with E-state index in [1.807, 2.05) is 31.2 Å². The van der Waals surface area contributed by atoms with Crippen LogP contribution in [0.25, 0.3) is 11.0 Å². The Hall–Kier alpha value is -3.52. The third-order valence-corrected chi connectivity index (χ3v) is 4.96. The van der Waals surface area contributed by atoms with Crippen molar-refractivity contribution in [3.05, 3.63) is 80.6 Å². The average molecular weight is 392 g/mol. The number of rotatable bonds is 4. The number of carbonyl (C=O) groups is 1. The lowest BCUT2D eigenvalue weighted by molar-refractivity contribution is -0.110. The minimum atomic E-state index is -0.446. The van der Waals surface area contributed by atoms with Crippen LogP contribution in [-0.2, 0) is 11.4 Å². The Bertz CT molecular complexity index is 1220. The number of carbonyl (C=O) groups excluding carboxylic acids is 1. The molecule has 7 nitrogen and oxygen atoms in total. The summed E-state index contributed by atoms with van der Waals surface area (Å²) in [4.78, 5) is 28.1. The number of hydrogen-bond donors (Lipinski definition) is 1. The lowest BCUT2D eigenvalue weighted by Crippen LogP contribution is -2.16. The second-order valence-electron chi connectivity index (χ2n) is 6.22. The van der Waals surface area contributed by atoms with E-state index in [0.717, 1.165) is 11.3 Å². The number of ketones is 1. The molecule has 8 heteroatoms. The fraction of sp³-hybridized carbons (Fsp3) is 0.100. The number of aromatic nitrogens is 3.